The summed E-state index contributed by atoms with van der Waals surface area (Å²) in [5.74, 6) is -16.9. The Bertz CT molecular complexity index is 2870. The number of nitrogens with zero attached hydrogens (tertiary/aromatic N) is 1. The molecule has 0 aliphatic heterocycles. The molecular weight excluding hydrogens is 1220 g/mol. The summed E-state index contributed by atoms with van der Waals surface area (Å²) in [7, 11) is 0. The van der Waals surface area contributed by atoms with E-state index < -0.39 is 195 Å². The van der Waals surface area contributed by atoms with Crippen LogP contribution < -0.4 is 76.5 Å². The van der Waals surface area contributed by atoms with Crippen LogP contribution in [0.3, 0.4) is 0 Å². The van der Waals surface area contributed by atoms with Crippen LogP contribution in [0.2, 0.25) is 0 Å². The van der Waals surface area contributed by atoms with Gasteiger partial charge < -0.3 is 102 Å². The molecule has 514 valence electrons. The van der Waals surface area contributed by atoms with Crippen molar-refractivity contribution in [1.29, 1.82) is 0 Å². The quantitative estimate of drug-likeness (QED) is 0.0171. The molecule has 0 fully saturated rings. The number of carboxylic acid groups (broad SMARTS) is 5. The summed E-state index contributed by atoms with van der Waals surface area (Å²) in [4.78, 5) is 189. The second-order valence-corrected chi connectivity index (χ2v) is 21.8. The second kappa shape index (κ2) is 43.0. The van der Waals surface area contributed by atoms with E-state index >= 15 is 0 Å². The average molecular weight is 1310 g/mol. The third-order valence-corrected chi connectivity index (χ3v) is 14.1. The number of unbranched alkanes of at least 4 members (excludes halogenated alkanes) is 2. The van der Waals surface area contributed by atoms with Crippen LogP contribution in [-0.2, 0) is 80.0 Å². The zero-order chi connectivity index (χ0) is 69.6. The minimum atomic E-state index is -1.89. The number of carbonyl (C=O) groups is 14. The Balaban J connectivity index is 2.52. The van der Waals surface area contributed by atoms with Gasteiger partial charge in [-0.25, -0.2) is 4.79 Å². The van der Waals surface area contributed by atoms with Crippen molar-refractivity contribution in [2.75, 3.05) is 19.6 Å². The minimum absolute atomic E-state index is 0.0323. The number of carboxylic acids is 5. The topological polar surface area (TPSA) is 591 Å². The fraction of sp³-hybridized carbons (Fsp3) is 0.542. The van der Waals surface area contributed by atoms with Crippen molar-refractivity contribution in [3.05, 3.63) is 71.8 Å². The molecule has 10 atom stereocenters. The van der Waals surface area contributed by atoms with Crippen molar-refractivity contribution in [1.82, 2.24) is 47.9 Å². The lowest BCUT2D eigenvalue weighted by atomic mass is 10.0. The molecule has 24 N–H and O–H groups in total. The molecule has 0 unspecified atom stereocenters. The summed E-state index contributed by atoms with van der Waals surface area (Å²) in [6.45, 7) is 1.73. The van der Waals surface area contributed by atoms with E-state index in [1.54, 1.807) is 60.7 Å². The third-order valence-electron chi connectivity index (χ3n) is 14.1. The molecule has 0 radical (unpaired) electrons. The maximum atomic E-state index is 14.5. The van der Waals surface area contributed by atoms with E-state index in [0.29, 0.717) is 36.9 Å². The monoisotopic (exact) mass is 1310 g/mol. The van der Waals surface area contributed by atoms with E-state index in [2.05, 4.69) is 52.8 Å². The normalized spacial score (nSPS) is 14.1. The molecule has 0 spiro atoms. The molecule has 0 heterocycles. The highest BCUT2D eigenvalue weighted by Gasteiger charge is 2.36. The van der Waals surface area contributed by atoms with Crippen LogP contribution in [0.25, 0.3) is 0 Å². The molecule has 2 aromatic carbocycles. The van der Waals surface area contributed by atoms with Crippen LogP contribution in [0.4, 0.5) is 0 Å². The zero-order valence-electron chi connectivity index (χ0n) is 51.7. The highest BCUT2D eigenvalue weighted by molar-refractivity contribution is 5.99. The van der Waals surface area contributed by atoms with Gasteiger partial charge in [0, 0.05) is 45.1 Å². The third kappa shape index (κ3) is 32.7. The molecule has 9 amide bonds. The Morgan fingerprint density at radius 3 is 1.03 bits per heavy atom. The average Bonchev–Trinajstić information content (AvgIpc) is 1.12. The first-order valence-corrected chi connectivity index (χ1v) is 30.2. The molecule has 2 aromatic rings. The fourth-order valence-corrected chi connectivity index (χ4v) is 9.02. The summed E-state index contributed by atoms with van der Waals surface area (Å²) in [5, 5.41) is 69.8. The van der Waals surface area contributed by atoms with Gasteiger partial charge in [-0.2, -0.15) is 0 Å². The van der Waals surface area contributed by atoms with E-state index in [0.717, 1.165) is 0 Å². The molecule has 93 heavy (non-hydrogen) atoms. The minimum Gasteiger partial charge on any atom is -0.481 e. The van der Waals surface area contributed by atoms with Gasteiger partial charge in [-0.3, -0.25) is 67.3 Å². The van der Waals surface area contributed by atoms with E-state index in [1.807, 2.05) is 0 Å². The summed E-state index contributed by atoms with van der Waals surface area (Å²) < 4.78 is 0. The smallest absolute Gasteiger partial charge is 0.326 e. The van der Waals surface area contributed by atoms with Crippen molar-refractivity contribution in [2.24, 2.45) is 33.7 Å². The number of carbonyl (C=O) groups excluding carboxylic acids is 9. The first-order chi connectivity index (χ1) is 44.0. The van der Waals surface area contributed by atoms with Crippen molar-refractivity contribution in [3.63, 3.8) is 0 Å². The van der Waals surface area contributed by atoms with Crippen LogP contribution in [0, 0.1) is 0 Å². The van der Waals surface area contributed by atoms with Gasteiger partial charge in [-0.1, -0.05) is 67.1 Å². The molecule has 34 nitrogen and oxygen atoms in total. The number of aliphatic imine (C=N–C) groups is 1. The molecule has 0 saturated heterocycles. The van der Waals surface area contributed by atoms with Gasteiger partial charge in [-0.05, 0) is 102 Å². The molecule has 34 heteroatoms. The van der Waals surface area contributed by atoms with Crippen LogP contribution >= 0.6 is 0 Å². The Kier molecular flexibility index (Phi) is 36.7. The predicted octanol–water partition coefficient (Wildman–Crippen LogP) is -3.96. The second-order valence-electron chi connectivity index (χ2n) is 21.8. The fourth-order valence-electron chi connectivity index (χ4n) is 9.02. The van der Waals surface area contributed by atoms with Crippen LogP contribution in [0.15, 0.2) is 65.7 Å². The first-order valence-electron chi connectivity index (χ1n) is 30.2. The summed E-state index contributed by atoms with van der Waals surface area (Å²) in [5.41, 5.74) is 29.0. The maximum absolute atomic E-state index is 14.5. The largest absolute Gasteiger partial charge is 0.481 e. The highest BCUT2D eigenvalue weighted by Crippen LogP contribution is 2.13. The molecule has 0 aromatic heterocycles. The molecule has 0 aliphatic carbocycles. The SMILES string of the molecule is C[C@H](NC(=O)[C@H](Cc1ccccc1)NC(=O)[C@H](CCC(=O)O)NC(=O)[C@@H](N)CCCCN)C(=O)N[C@@H](CCCCN)C(=O)N[C@@H](Cc1ccccc1)C(=O)N[C@@H](CCC(=O)O)C(=O)N[C@@H](CCC(=O)O)C(=O)N[C@@H](CCC(=O)O)C(=O)N[C@@H](CCCN=C(N)N)C(=O)O. The number of nitrogens with one attached hydrogen (secondary N) is 9. The van der Waals surface area contributed by atoms with Crippen molar-refractivity contribution in [2.45, 2.75) is 183 Å². The van der Waals surface area contributed by atoms with Crippen LogP contribution in [-0.4, -0.2) is 195 Å². The van der Waals surface area contributed by atoms with Crippen molar-refractivity contribution >= 4 is 89.0 Å². The van der Waals surface area contributed by atoms with Gasteiger partial charge in [0.2, 0.25) is 53.2 Å². The summed E-state index contributed by atoms with van der Waals surface area (Å²) in [6.07, 6.45) is -4.28. The number of nitrogens with two attached hydrogens (primary N) is 5. The van der Waals surface area contributed by atoms with E-state index in [1.165, 1.54) is 6.92 Å². The Hall–Kier alpha value is -9.83. The maximum Gasteiger partial charge on any atom is 0.326 e. The Labute approximate surface area is 535 Å². The Morgan fingerprint density at radius 1 is 0.376 bits per heavy atom. The van der Waals surface area contributed by atoms with Gasteiger partial charge in [0.1, 0.15) is 54.4 Å². The highest BCUT2D eigenvalue weighted by atomic mass is 16.4. The van der Waals surface area contributed by atoms with Gasteiger partial charge in [0.15, 0.2) is 5.96 Å². The van der Waals surface area contributed by atoms with Gasteiger partial charge in [-0.15, -0.1) is 0 Å². The van der Waals surface area contributed by atoms with Crippen LogP contribution in [0.1, 0.15) is 121 Å². The summed E-state index contributed by atoms with van der Waals surface area (Å²) in [6, 6.07) is 0.642. The first kappa shape index (κ1) is 79.3. The molecule has 0 saturated carbocycles. The van der Waals surface area contributed by atoms with E-state index in [9.17, 15) is 92.7 Å². The zero-order valence-corrected chi connectivity index (χ0v) is 51.7. The van der Waals surface area contributed by atoms with Gasteiger partial charge in [0.05, 0.1) is 6.04 Å². The standard InChI is InChI=1S/C59H89N15O19/c1-33(66-56(90)43(31-34-13-4-2-5-14-34)73-55(89)38(20-24-45(75)76)68-50(84)36(62)17-8-10-28-60)49(83)67-37(18-9-11-29-61)51(85)74-44(32-35-15-6-3-7-16-35)57(91)71-40(22-26-47(79)80)53(87)69-39(21-25-46(77)78)52(86)70-41(23-27-48(81)82)54(88)72-42(58(92)93)19-12-30-65-59(63)64/h2-7,13-16,33,36-44H,8-12,17-32,60-62H2,1H3,(H,66,90)(H,67,83)(H,68,84)(H,69,87)(H,70,86)(H,71,91)(H,72,88)(H,73,89)(H,74,85)(H,75,76)(H,77,78)(H,79,80)(H,81,82)(H,92,93)(H4,63,64,65)/t33-,36-,37-,38-,39-,40-,41-,42-,43-,44-/m0/s1. The van der Waals surface area contributed by atoms with E-state index in [-0.39, 0.29) is 64.0 Å². The predicted molar refractivity (Wildman–Crippen MR) is 332 cm³/mol. The number of hydrogen-bond acceptors (Lipinski definition) is 18. The molecule has 0 aliphatic rings. The molecule has 2 rings (SSSR count). The number of rotatable bonds is 47. The number of aliphatic carboxylic acids is 5. The van der Waals surface area contributed by atoms with Crippen LogP contribution in [0.5, 0.6) is 0 Å². The molecule has 0 bridgehead atoms. The van der Waals surface area contributed by atoms with E-state index in [4.69, 9.17) is 28.7 Å². The number of hydrogen-bond donors (Lipinski definition) is 19. The lowest BCUT2D eigenvalue weighted by molar-refractivity contribution is -0.143. The number of guanidine groups is 1. The van der Waals surface area contributed by atoms with Gasteiger partial charge in [0.25, 0.3) is 0 Å². The summed E-state index contributed by atoms with van der Waals surface area (Å²) >= 11 is 0. The Morgan fingerprint density at radius 2 is 0.677 bits per heavy atom. The molecular formula is C59H89N15O19. The number of amides is 9. The van der Waals surface area contributed by atoms with Crippen molar-refractivity contribution < 1.29 is 92.7 Å². The number of benzene rings is 2. The van der Waals surface area contributed by atoms with Crippen molar-refractivity contribution in [3.8, 4) is 0 Å². The lowest BCUT2D eigenvalue weighted by Crippen LogP contribution is -2.60. The van der Waals surface area contributed by atoms with Gasteiger partial charge >= 0.3 is 29.8 Å². The lowest BCUT2D eigenvalue weighted by Gasteiger charge is -2.28.